The maximum Gasteiger partial charge on any atom is 0.227 e. The molecule has 2 amide bonds. The molecule has 3 aliphatic heterocycles. The van der Waals surface area contributed by atoms with Crippen LogP contribution in [0.3, 0.4) is 0 Å². The molecule has 0 aliphatic carbocycles. The molecule has 0 unspecified atom stereocenters. The molecule has 8 heteroatoms. The highest BCUT2D eigenvalue weighted by Crippen LogP contribution is 2.23. The number of ether oxygens (including phenoxy) is 1. The van der Waals surface area contributed by atoms with Crippen molar-refractivity contribution in [2.45, 2.75) is 26.2 Å². The monoisotopic (exact) mass is 429 g/mol. The first kappa shape index (κ1) is 22.0. The standard InChI is InChI=1S/C23H35N5O3/c1-19-4-2-7-24-22(19)26-10-12-27(13-11-26)23(30)20-5-6-21(29)28(18-20)9-3-8-25-14-16-31-17-15-25/h2,4,7,20H,3,5-6,8-18H2,1H3/t20-/m0/s1. The van der Waals surface area contributed by atoms with Gasteiger partial charge >= 0.3 is 0 Å². The molecule has 0 N–H and O–H groups in total. The number of carbonyl (C=O) groups is 2. The number of piperidine rings is 1. The second-order valence-corrected chi connectivity index (χ2v) is 8.84. The van der Waals surface area contributed by atoms with Crippen molar-refractivity contribution in [1.29, 1.82) is 0 Å². The number of hydrogen-bond donors (Lipinski definition) is 0. The van der Waals surface area contributed by atoms with E-state index in [4.69, 9.17) is 4.74 Å². The van der Waals surface area contributed by atoms with E-state index in [9.17, 15) is 9.59 Å². The van der Waals surface area contributed by atoms with Gasteiger partial charge < -0.3 is 19.4 Å². The maximum atomic E-state index is 13.2. The van der Waals surface area contributed by atoms with Crippen molar-refractivity contribution in [2.75, 3.05) is 77.0 Å². The Kier molecular flexibility index (Phi) is 7.40. The number of pyridine rings is 1. The third-order valence-electron chi connectivity index (χ3n) is 6.73. The van der Waals surface area contributed by atoms with E-state index >= 15 is 0 Å². The lowest BCUT2D eigenvalue weighted by Crippen LogP contribution is -2.53. The summed E-state index contributed by atoms with van der Waals surface area (Å²) in [4.78, 5) is 38.6. The van der Waals surface area contributed by atoms with Crippen molar-refractivity contribution in [3.63, 3.8) is 0 Å². The summed E-state index contributed by atoms with van der Waals surface area (Å²) < 4.78 is 5.39. The molecule has 4 heterocycles. The number of rotatable bonds is 6. The molecule has 3 aliphatic rings. The van der Waals surface area contributed by atoms with Crippen LogP contribution >= 0.6 is 0 Å². The van der Waals surface area contributed by atoms with Crippen molar-refractivity contribution in [3.8, 4) is 0 Å². The zero-order valence-electron chi connectivity index (χ0n) is 18.7. The largest absolute Gasteiger partial charge is 0.379 e. The number of piperazine rings is 1. The Bertz CT molecular complexity index is 759. The first-order valence-corrected chi connectivity index (χ1v) is 11.6. The second-order valence-electron chi connectivity index (χ2n) is 8.84. The third kappa shape index (κ3) is 5.54. The summed E-state index contributed by atoms with van der Waals surface area (Å²) in [7, 11) is 0. The van der Waals surface area contributed by atoms with Gasteiger partial charge in [-0.05, 0) is 31.4 Å². The Labute approximate surface area is 185 Å². The van der Waals surface area contributed by atoms with E-state index < -0.39 is 0 Å². The van der Waals surface area contributed by atoms with E-state index in [1.807, 2.05) is 22.1 Å². The number of hydrogen-bond acceptors (Lipinski definition) is 6. The number of morpholine rings is 1. The Morgan fingerprint density at radius 1 is 1.13 bits per heavy atom. The minimum Gasteiger partial charge on any atom is -0.379 e. The van der Waals surface area contributed by atoms with E-state index in [2.05, 4.69) is 27.8 Å². The summed E-state index contributed by atoms with van der Waals surface area (Å²) in [5, 5.41) is 0. The summed E-state index contributed by atoms with van der Waals surface area (Å²) in [5.41, 5.74) is 1.17. The molecule has 8 nitrogen and oxygen atoms in total. The zero-order chi connectivity index (χ0) is 21.6. The van der Waals surface area contributed by atoms with Gasteiger partial charge in [-0.25, -0.2) is 4.98 Å². The number of aromatic nitrogens is 1. The van der Waals surface area contributed by atoms with Crippen molar-refractivity contribution in [3.05, 3.63) is 23.9 Å². The van der Waals surface area contributed by atoms with Gasteiger partial charge in [-0.3, -0.25) is 14.5 Å². The second kappa shape index (κ2) is 10.4. The third-order valence-corrected chi connectivity index (χ3v) is 6.73. The number of amides is 2. The van der Waals surface area contributed by atoms with E-state index in [1.165, 1.54) is 5.56 Å². The number of aryl methyl sites for hydroxylation is 1. The zero-order valence-corrected chi connectivity index (χ0v) is 18.7. The summed E-state index contributed by atoms with van der Waals surface area (Å²) >= 11 is 0. The van der Waals surface area contributed by atoms with Gasteiger partial charge in [0.05, 0.1) is 19.1 Å². The fourth-order valence-corrected chi connectivity index (χ4v) is 4.85. The molecule has 0 aromatic carbocycles. The highest BCUT2D eigenvalue weighted by molar-refractivity contribution is 5.84. The van der Waals surface area contributed by atoms with Crippen LogP contribution in [-0.2, 0) is 14.3 Å². The summed E-state index contributed by atoms with van der Waals surface area (Å²) in [6.07, 6.45) is 3.94. The van der Waals surface area contributed by atoms with E-state index in [-0.39, 0.29) is 17.7 Å². The lowest BCUT2D eigenvalue weighted by atomic mass is 9.95. The van der Waals surface area contributed by atoms with Crippen LogP contribution in [0.5, 0.6) is 0 Å². The molecule has 1 atom stereocenters. The molecule has 0 saturated carbocycles. The minimum atomic E-state index is -0.0655. The topological polar surface area (TPSA) is 69.2 Å². The summed E-state index contributed by atoms with van der Waals surface area (Å²) in [6.45, 7) is 11.0. The summed E-state index contributed by atoms with van der Waals surface area (Å²) in [6, 6.07) is 4.03. The van der Waals surface area contributed by atoms with Crippen molar-refractivity contribution >= 4 is 17.6 Å². The smallest absolute Gasteiger partial charge is 0.227 e. The number of nitrogens with zero attached hydrogens (tertiary/aromatic N) is 5. The van der Waals surface area contributed by atoms with Gasteiger partial charge in [0, 0.05) is 71.5 Å². The van der Waals surface area contributed by atoms with Crippen molar-refractivity contribution < 1.29 is 14.3 Å². The molecule has 1 aromatic heterocycles. The molecule has 0 bridgehead atoms. The van der Waals surface area contributed by atoms with Gasteiger partial charge in [-0.15, -0.1) is 0 Å². The van der Waals surface area contributed by atoms with Gasteiger partial charge in [-0.2, -0.15) is 0 Å². The highest BCUT2D eigenvalue weighted by Gasteiger charge is 2.34. The van der Waals surface area contributed by atoms with Crippen LogP contribution in [-0.4, -0.2) is 104 Å². The molecule has 3 fully saturated rings. The van der Waals surface area contributed by atoms with Crippen LogP contribution in [0.25, 0.3) is 0 Å². The first-order valence-electron chi connectivity index (χ1n) is 11.6. The average Bonchev–Trinajstić information content (AvgIpc) is 2.81. The molecule has 0 radical (unpaired) electrons. The molecule has 170 valence electrons. The van der Waals surface area contributed by atoms with Crippen molar-refractivity contribution in [2.24, 2.45) is 5.92 Å². The number of likely N-dealkylation sites (tertiary alicyclic amines) is 1. The molecule has 4 rings (SSSR count). The normalized spacial score (nSPS) is 23.3. The van der Waals surface area contributed by atoms with Gasteiger partial charge in [0.25, 0.3) is 0 Å². The average molecular weight is 430 g/mol. The van der Waals surface area contributed by atoms with Crippen LogP contribution in [0.4, 0.5) is 5.82 Å². The Morgan fingerprint density at radius 3 is 2.65 bits per heavy atom. The highest BCUT2D eigenvalue weighted by atomic mass is 16.5. The molecule has 0 spiro atoms. The lowest BCUT2D eigenvalue weighted by Gasteiger charge is -2.39. The summed E-state index contributed by atoms with van der Waals surface area (Å²) in [5.74, 6) is 1.36. The number of carbonyl (C=O) groups excluding carboxylic acids is 2. The van der Waals surface area contributed by atoms with Crippen LogP contribution in [0.2, 0.25) is 0 Å². The lowest BCUT2D eigenvalue weighted by molar-refractivity contribution is -0.143. The SMILES string of the molecule is Cc1cccnc1N1CCN(C(=O)[C@H]2CCC(=O)N(CCCN3CCOCC3)C2)CC1. The molecule has 1 aromatic rings. The molecular formula is C23H35N5O3. The van der Waals surface area contributed by atoms with Gasteiger partial charge in [0.2, 0.25) is 11.8 Å². The van der Waals surface area contributed by atoms with E-state index in [0.717, 1.165) is 77.8 Å². The first-order chi connectivity index (χ1) is 15.1. The Morgan fingerprint density at radius 2 is 1.90 bits per heavy atom. The van der Waals surface area contributed by atoms with Crippen LogP contribution < -0.4 is 4.90 Å². The minimum absolute atomic E-state index is 0.0655. The Hall–Kier alpha value is -2.19. The number of anilines is 1. The molecule has 31 heavy (non-hydrogen) atoms. The van der Waals surface area contributed by atoms with Crippen molar-refractivity contribution in [1.82, 2.24) is 19.7 Å². The maximum absolute atomic E-state index is 13.2. The van der Waals surface area contributed by atoms with Gasteiger partial charge in [0.1, 0.15) is 5.82 Å². The van der Waals surface area contributed by atoms with E-state index in [1.54, 1.807) is 0 Å². The molecular weight excluding hydrogens is 394 g/mol. The predicted molar refractivity (Wildman–Crippen MR) is 119 cm³/mol. The van der Waals surface area contributed by atoms with E-state index in [0.29, 0.717) is 19.4 Å². The van der Waals surface area contributed by atoms with Gasteiger partial charge in [-0.1, -0.05) is 6.07 Å². The predicted octanol–water partition coefficient (Wildman–Crippen LogP) is 1.000. The van der Waals surface area contributed by atoms with Crippen LogP contribution in [0.15, 0.2) is 18.3 Å². The fraction of sp³-hybridized carbons (Fsp3) is 0.696. The van der Waals surface area contributed by atoms with Crippen LogP contribution in [0, 0.1) is 12.8 Å². The Balaban J connectivity index is 1.24. The quantitative estimate of drug-likeness (QED) is 0.672. The van der Waals surface area contributed by atoms with Crippen LogP contribution in [0.1, 0.15) is 24.8 Å². The van der Waals surface area contributed by atoms with Gasteiger partial charge in [0.15, 0.2) is 0 Å². The fourth-order valence-electron chi connectivity index (χ4n) is 4.85. The molecule has 3 saturated heterocycles.